The molecule has 1 heterocycles. The summed E-state index contributed by atoms with van der Waals surface area (Å²) in [6, 6.07) is 4.49. The molecule has 0 atom stereocenters. The van der Waals surface area contributed by atoms with Crippen LogP contribution in [-0.4, -0.2) is 10.2 Å². The molecule has 6 heteroatoms. The van der Waals surface area contributed by atoms with Crippen LogP contribution in [0.25, 0.3) is 11.5 Å². The number of nitrogens with zero attached hydrogens (tertiary/aromatic N) is 2. The Morgan fingerprint density at radius 3 is 2.79 bits per heavy atom. The van der Waals surface area contributed by atoms with Crippen molar-refractivity contribution in [1.29, 1.82) is 0 Å². The standard InChI is InChI=1S/C8H5BrFN3O/c9-6-4(2-1-3-5(6)10)7-12-13-8(11)14-7/h1-3H,(H2,11,13). The highest BCUT2D eigenvalue weighted by Crippen LogP contribution is 2.29. The number of nitrogen functional groups attached to an aromatic ring is 1. The van der Waals surface area contributed by atoms with E-state index >= 15 is 0 Å². The molecule has 2 aromatic rings. The molecule has 4 nitrogen and oxygen atoms in total. The number of anilines is 1. The van der Waals surface area contributed by atoms with Gasteiger partial charge in [0.05, 0.1) is 10.0 Å². The lowest BCUT2D eigenvalue weighted by Crippen LogP contribution is -1.83. The predicted molar refractivity (Wildman–Crippen MR) is 51.8 cm³/mol. The molecule has 2 N–H and O–H groups in total. The number of halogens is 2. The maximum absolute atomic E-state index is 13.1. The number of rotatable bonds is 1. The zero-order chi connectivity index (χ0) is 10.1. The van der Waals surface area contributed by atoms with Gasteiger partial charge >= 0.3 is 6.01 Å². The van der Waals surface area contributed by atoms with E-state index in [1.165, 1.54) is 6.07 Å². The number of hydrogen-bond donors (Lipinski definition) is 1. The van der Waals surface area contributed by atoms with Gasteiger partial charge in [0.15, 0.2) is 0 Å². The maximum atomic E-state index is 13.1. The first-order chi connectivity index (χ1) is 6.68. The van der Waals surface area contributed by atoms with E-state index in [1.54, 1.807) is 12.1 Å². The lowest BCUT2D eigenvalue weighted by molar-refractivity contribution is 0.585. The largest absolute Gasteiger partial charge is 0.404 e. The van der Waals surface area contributed by atoms with Gasteiger partial charge in [-0.1, -0.05) is 11.2 Å². The molecule has 0 amide bonds. The van der Waals surface area contributed by atoms with E-state index in [-0.39, 0.29) is 22.2 Å². The minimum atomic E-state index is -0.390. The summed E-state index contributed by atoms with van der Waals surface area (Å²) in [5, 5.41) is 7.13. The Balaban J connectivity index is 2.57. The molecule has 0 fully saturated rings. The van der Waals surface area contributed by atoms with E-state index in [0.29, 0.717) is 5.56 Å². The molecule has 0 saturated heterocycles. The van der Waals surface area contributed by atoms with Gasteiger partial charge in [-0.25, -0.2) is 4.39 Å². The van der Waals surface area contributed by atoms with Crippen molar-refractivity contribution in [1.82, 2.24) is 10.2 Å². The molecular formula is C8H5BrFN3O. The van der Waals surface area contributed by atoms with Gasteiger partial charge in [0.25, 0.3) is 5.89 Å². The molecule has 72 valence electrons. The van der Waals surface area contributed by atoms with Crippen LogP contribution >= 0.6 is 15.9 Å². The topological polar surface area (TPSA) is 64.9 Å². The minimum absolute atomic E-state index is 0.0452. The molecule has 0 radical (unpaired) electrons. The monoisotopic (exact) mass is 257 g/mol. The summed E-state index contributed by atoms with van der Waals surface area (Å²) in [7, 11) is 0. The second-order valence-electron chi connectivity index (χ2n) is 2.55. The van der Waals surface area contributed by atoms with E-state index in [0.717, 1.165) is 0 Å². The van der Waals surface area contributed by atoms with Crippen molar-refractivity contribution >= 4 is 21.9 Å². The lowest BCUT2D eigenvalue weighted by atomic mass is 10.2. The Bertz CT molecular complexity index is 471. The van der Waals surface area contributed by atoms with Crippen LogP contribution in [0, 0.1) is 5.82 Å². The van der Waals surface area contributed by atoms with Gasteiger partial charge < -0.3 is 10.2 Å². The predicted octanol–water partition coefficient (Wildman–Crippen LogP) is 2.22. The first-order valence-corrected chi connectivity index (χ1v) is 4.51. The zero-order valence-electron chi connectivity index (χ0n) is 6.87. The van der Waals surface area contributed by atoms with E-state index in [1.807, 2.05) is 0 Å². The highest BCUT2D eigenvalue weighted by Gasteiger charge is 2.12. The van der Waals surface area contributed by atoms with Crippen LogP contribution in [0.4, 0.5) is 10.4 Å². The van der Waals surface area contributed by atoms with Gasteiger partial charge in [-0.05, 0) is 28.1 Å². The number of nitrogens with two attached hydrogens (primary N) is 1. The van der Waals surface area contributed by atoms with Gasteiger partial charge in [0.1, 0.15) is 5.82 Å². The summed E-state index contributed by atoms with van der Waals surface area (Å²) in [6.07, 6.45) is 0. The molecule has 0 aliphatic heterocycles. The normalized spacial score (nSPS) is 10.4. The fraction of sp³-hybridized carbons (Fsp3) is 0. The summed E-state index contributed by atoms with van der Waals surface area (Å²) < 4.78 is 18.3. The summed E-state index contributed by atoms with van der Waals surface area (Å²) in [4.78, 5) is 0. The SMILES string of the molecule is Nc1nnc(-c2cccc(F)c2Br)o1. The molecule has 0 spiro atoms. The van der Waals surface area contributed by atoms with Crippen molar-refractivity contribution in [3.05, 3.63) is 28.5 Å². The van der Waals surface area contributed by atoms with E-state index in [9.17, 15) is 4.39 Å². The molecule has 0 aliphatic carbocycles. The average molecular weight is 258 g/mol. The fourth-order valence-corrected chi connectivity index (χ4v) is 1.45. The average Bonchev–Trinajstić information content (AvgIpc) is 2.57. The van der Waals surface area contributed by atoms with E-state index in [4.69, 9.17) is 10.2 Å². The van der Waals surface area contributed by atoms with Gasteiger partial charge in [0, 0.05) is 0 Å². The summed E-state index contributed by atoms with van der Waals surface area (Å²) >= 11 is 3.08. The van der Waals surface area contributed by atoms with Crippen molar-refractivity contribution in [2.24, 2.45) is 0 Å². The van der Waals surface area contributed by atoms with Crippen LogP contribution < -0.4 is 5.73 Å². The molecule has 0 unspecified atom stereocenters. The quantitative estimate of drug-likeness (QED) is 0.851. The van der Waals surface area contributed by atoms with Gasteiger partial charge in [0.2, 0.25) is 0 Å². The second kappa shape index (κ2) is 3.38. The Kier molecular flexibility index (Phi) is 2.20. The van der Waals surface area contributed by atoms with Crippen LogP contribution in [0.3, 0.4) is 0 Å². The summed E-state index contributed by atoms with van der Waals surface area (Å²) in [6.45, 7) is 0. The van der Waals surface area contributed by atoms with Gasteiger partial charge in [-0.3, -0.25) is 0 Å². The number of benzene rings is 1. The van der Waals surface area contributed by atoms with Gasteiger partial charge in [-0.15, -0.1) is 5.10 Å². The second-order valence-corrected chi connectivity index (χ2v) is 3.34. The molecule has 0 bridgehead atoms. The molecule has 2 rings (SSSR count). The van der Waals surface area contributed by atoms with Crippen molar-refractivity contribution < 1.29 is 8.81 Å². The van der Waals surface area contributed by atoms with Crippen molar-refractivity contribution in [2.75, 3.05) is 5.73 Å². The number of hydrogen-bond acceptors (Lipinski definition) is 4. The van der Waals surface area contributed by atoms with E-state index < -0.39 is 0 Å². The van der Waals surface area contributed by atoms with Crippen molar-refractivity contribution in [2.45, 2.75) is 0 Å². The van der Waals surface area contributed by atoms with Crippen LogP contribution in [0.5, 0.6) is 0 Å². The molecule has 0 aliphatic rings. The minimum Gasteiger partial charge on any atom is -0.404 e. The Morgan fingerprint density at radius 2 is 2.14 bits per heavy atom. The molecule has 1 aromatic heterocycles. The van der Waals surface area contributed by atoms with Crippen LogP contribution in [-0.2, 0) is 0 Å². The molecular weight excluding hydrogens is 253 g/mol. The maximum Gasteiger partial charge on any atom is 0.313 e. The number of aromatic nitrogens is 2. The summed E-state index contributed by atoms with van der Waals surface area (Å²) in [5.41, 5.74) is 5.74. The zero-order valence-corrected chi connectivity index (χ0v) is 8.45. The third kappa shape index (κ3) is 1.48. The molecule has 1 aromatic carbocycles. The smallest absolute Gasteiger partial charge is 0.313 e. The van der Waals surface area contributed by atoms with Gasteiger partial charge in [-0.2, -0.15) is 0 Å². The third-order valence-electron chi connectivity index (χ3n) is 1.62. The lowest BCUT2D eigenvalue weighted by Gasteiger charge is -1.98. The third-order valence-corrected chi connectivity index (χ3v) is 2.43. The molecule has 14 heavy (non-hydrogen) atoms. The van der Waals surface area contributed by atoms with Crippen LogP contribution in [0.15, 0.2) is 27.1 Å². The fourth-order valence-electron chi connectivity index (χ4n) is 1.01. The Morgan fingerprint density at radius 1 is 1.36 bits per heavy atom. The van der Waals surface area contributed by atoms with Crippen LogP contribution in [0.2, 0.25) is 0 Å². The first kappa shape index (κ1) is 9.14. The van der Waals surface area contributed by atoms with Crippen molar-refractivity contribution in [3.63, 3.8) is 0 Å². The van der Waals surface area contributed by atoms with Crippen LogP contribution in [0.1, 0.15) is 0 Å². The summed E-state index contributed by atoms with van der Waals surface area (Å²) in [5.74, 6) is -0.201. The molecule has 0 saturated carbocycles. The Hall–Kier alpha value is -1.43. The highest BCUT2D eigenvalue weighted by atomic mass is 79.9. The van der Waals surface area contributed by atoms with E-state index in [2.05, 4.69) is 26.1 Å². The Labute approximate surface area is 87.1 Å². The van der Waals surface area contributed by atoms with Crippen molar-refractivity contribution in [3.8, 4) is 11.5 Å². The first-order valence-electron chi connectivity index (χ1n) is 3.72. The highest BCUT2D eigenvalue weighted by molar-refractivity contribution is 9.10.